The summed E-state index contributed by atoms with van der Waals surface area (Å²) in [6.07, 6.45) is 1.68. The van der Waals surface area contributed by atoms with Gasteiger partial charge in [0.15, 0.2) is 5.82 Å². The summed E-state index contributed by atoms with van der Waals surface area (Å²) in [5.74, 6) is -0.642. The van der Waals surface area contributed by atoms with E-state index in [-0.39, 0.29) is 0 Å². The Hall–Kier alpha value is -0.860. The lowest BCUT2D eigenvalue weighted by molar-refractivity contribution is 0.625. The van der Waals surface area contributed by atoms with Crippen molar-refractivity contribution < 1.29 is 8.50 Å². The Morgan fingerprint density at radius 2 is 3.00 bits per heavy atom. The minimum Gasteiger partial charge on any atom is -0.273 e. The van der Waals surface area contributed by atoms with Gasteiger partial charge in [-0.05, 0) is 0 Å². The normalized spacial score (nSPS) is 17.6. The molecule has 0 unspecified atom stereocenters. The minimum absolute atomic E-state index is 0.600. The number of rotatable bonds is 0. The van der Waals surface area contributed by atoms with Crippen molar-refractivity contribution in [1.82, 2.24) is 9.78 Å². The van der Waals surface area contributed by atoms with Crippen molar-refractivity contribution in [2.24, 2.45) is 6.98 Å². The van der Waals surface area contributed by atoms with Gasteiger partial charge in [0.05, 0.1) is 12.4 Å². The van der Waals surface area contributed by atoms with Crippen LogP contribution >= 0.6 is 0 Å². The SMILES string of the molecule is [2H]C([2H])([2H])n1cc(F)cn1. The third-order valence-corrected chi connectivity index (χ3v) is 0.551. The Morgan fingerprint density at radius 1 is 2.14 bits per heavy atom. The molecular formula is C4H5FN2. The second-order valence-electron chi connectivity index (χ2n) is 1.10. The van der Waals surface area contributed by atoms with E-state index in [2.05, 4.69) is 5.10 Å². The number of hydrogen-bond acceptors (Lipinski definition) is 1. The fourth-order valence-electron chi connectivity index (χ4n) is 0.301. The van der Waals surface area contributed by atoms with Gasteiger partial charge in [-0.2, -0.15) is 5.10 Å². The van der Waals surface area contributed by atoms with Crippen LogP contribution in [0.1, 0.15) is 4.11 Å². The van der Waals surface area contributed by atoms with E-state index in [1.54, 1.807) is 0 Å². The monoisotopic (exact) mass is 103 g/mol. The average Bonchev–Trinajstić information content (AvgIpc) is 2.11. The van der Waals surface area contributed by atoms with Crippen LogP contribution < -0.4 is 0 Å². The lowest BCUT2D eigenvalue weighted by Crippen LogP contribution is -1.83. The highest BCUT2D eigenvalue weighted by Crippen LogP contribution is 1.88. The molecule has 0 amide bonds. The van der Waals surface area contributed by atoms with E-state index < -0.39 is 12.8 Å². The predicted molar refractivity (Wildman–Crippen MR) is 23.2 cm³/mol. The summed E-state index contributed by atoms with van der Waals surface area (Å²) in [7, 11) is 0. The fourth-order valence-corrected chi connectivity index (χ4v) is 0.301. The molecule has 0 aliphatic carbocycles. The summed E-state index contributed by atoms with van der Waals surface area (Å²) < 4.78 is 33.0. The molecule has 2 nitrogen and oxygen atoms in total. The summed E-state index contributed by atoms with van der Waals surface area (Å²) in [5, 5.41) is 3.27. The number of halogens is 1. The number of nitrogens with zero attached hydrogens (tertiary/aromatic N) is 2. The predicted octanol–water partition coefficient (Wildman–Crippen LogP) is 0.559. The van der Waals surface area contributed by atoms with Gasteiger partial charge in [-0.25, -0.2) is 4.39 Å². The molecule has 1 aromatic heterocycles. The van der Waals surface area contributed by atoms with Crippen molar-refractivity contribution >= 4 is 0 Å². The van der Waals surface area contributed by atoms with Crippen LogP contribution in [0, 0.1) is 5.82 Å². The van der Waals surface area contributed by atoms with Crippen molar-refractivity contribution in [2.75, 3.05) is 0 Å². The zero-order valence-corrected chi connectivity index (χ0v) is 3.43. The molecule has 0 aliphatic heterocycles. The molecule has 0 spiro atoms. The van der Waals surface area contributed by atoms with Crippen molar-refractivity contribution in [2.45, 2.75) is 0 Å². The van der Waals surface area contributed by atoms with Gasteiger partial charge >= 0.3 is 0 Å². The lowest BCUT2D eigenvalue weighted by atomic mass is 10.7. The Kier molecular flexibility index (Phi) is 0.369. The molecule has 3 heteroatoms. The zero-order valence-electron chi connectivity index (χ0n) is 6.43. The number of aryl methyl sites for hydroxylation is 1. The smallest absolute Gasteiger partial charge is 0.161 e. The first-order valence-electron chi connectivity index (χ1n) is 3.21. The Labute approximate surface area is 44.8 Å². The van der Waals surface area contributed by atoms with Crippen molar-refractivity contribution in [3.05, 3.63) is 18.2 Å². The summed E-state index contributed by atoms with van der Waals surface area (Å²) in [6.45, 7) is -2.37. The molecule has 0 atom stereocenters. The highest BCUT2D eigenvalue weighted by molar-refractivity contribution is 4.81. The standard InChI is InChI=1S/C4H5FN2/c1-7-3-4(5)2-6-7/h2-3H,1H3/i1D3. The molecular weight excluding hydrogens is 95.1 g/mol. The molecule has 0 bridgehead atoms. The second-order valence-corrected chi connectivity index (χ2v) is 1.10. The highest BCUT2D eigenvalue weighted by atomic mass is 19.1. The van der Waals surface area contributed by atoms with Crippen LogP contribution in [0.25, 0.3) is 0 Å². The summed E-state index contributed by atoms with van der Waals surface area (Å²) in [4.78, 5) is 0. The number of aromatic nitrogens is 2. The fraction of sp³-hybridized carbons (Fsp3) is 0.250. The molecule has 1 aromatic rings. The first-order valence-corrected chi connectivity index (χ1v) is 1.71. The maximum Gasteiger partial charge on any atom is 0.161 e. The second kappa shape index (κ2) is 1.33. The maximum atomic E-state index is 12.1. The lowest BCUT2D eigenvalue weighted by Gasteiger charge is -1.77. The van der Waals surface area contributed by atoms with E-state index in [9.17, 15) is 4.39 Å². The van der Waals surface area contributed by atoms with Gasteiger partial charge in [0.1, 0.15) is 0 Å². The van der Waals surface area contributed by atoms with Crippen LogP contribution in [0.5, 0.6) is 0 Å². The highest BCUT2D eigenvalue weighted by Gasteiger charge is 1.86. The first-order chi connectivity index (χ1) is 4.50. The summed E-state index contributed by atoms with van der Waals surface area (Å²) in [6, 6.07) is 0. The first kappa shape index (κ1) is 1.94. The molecule has 1 rings (SSSR count). The summed E-state index contributed by atoms with van der Waals surface area (Å²) >= 11 is 0. The van der Waals surface area contributed by atoms with Crippen LogP contribution in [-0.2, 0) is 6.98 Å². The van der Waals surface area contributed by atoms with E-state index in [1.807, 2.05) is 0 Å². The van der Waals surface area contributed by atoms with Gasteiger partial charge in [-0.3, -0.25) is 4.68 Å². The van der Waals surface area contributed by atoms with Crippen LogP contribution in [0.2, 0.25) is 0 Å². The molecule has 0 saturated carbocycles. The number of hydrogen-bond donors (Lipinski definition) is 0. The molecule has 1 heterocycles. The van der Waals surface area contributed by atoms with Gasteiger partial charge in [0.25, 0.3) is 0 Å². The maximum absolute atomic E-state index is 12.1. The molecule has 0 saturated heterocycles. The van der Waals surface area contributed by atoms with E-state index in [0.29, 0.717) is 4.68 Å². The molecule has 0 fully saturated rings. The zero-order chi connectivity index (χ0) is 7.78. The molecule has 0 N–H and O–H groups in total. The van der Waals surface area contributed by atoms with Crippen LogP contribution in [0.3, 0.4) is 0 Å². The molecule has 0 aliphatic rings. The largest absolute Gasteiger partial charge is 0.273 e. The van der Waals surface area contributed by atoms with Crippen molar-refractivity contribution in [1.29, 1.82) is 0 Å². The topological polar surface area (TPSA) is 17.8 Å². The van der Waals surface area contributed by atoms with Crippen LogP contribution in [-0.4, -0.2) is 9.78 Å². The van der Waals surface area contributed by atoms with Crippen molar-refractivity contribution in [3.63, 3.8) is 0 Å². The van der Waals surface area contributed by atoms with E-state index >= 15 is 0 Å². The van der Waals surface area contributed by atoms with E-state index in [0.717, 1.165) is 12.4 Å². The third-order valence-electron chi connectivity index (χ3n) is 0.551. The van der Waals surface area contributed by atoms with Gasteiger partial charge in [0, 0.05) is 11.1 Å². The Morgan fingerprint density at radius 3 is 3.29 bits per heavy atom. The molecule has 0 aromatic carbocycles. The molecule has 0 radical (unpaired) electrons. The van der Waals surface area contributed by atoms with Crippen molar-refractivity contribution in [3.8, 4) is 0 Å². The van der Waals surface area contributed by atoms with Gasteiger partial charge in [-0.1, -0.05) is 0 Å². The Balaban J connectivity index is 2.96. The third kappa shape index (κ3) is 0.765. The Bertz CT molecular complexity index is 229. The van der Waals surface area contributed by atoms with Gasteiger partial charge < -0.3 is 0 Å². The van der Waals surface area contributed by atoms with Gasteiger partial charge in [-0.15, -0.1) is 0 Å². The van der Waals surface area contributed by atoms with E-state index in [1.165, 1.54) is 0 Å². The minimum atomic E-state index is -2.37. The van der Waals surface area contributed by atoms with Crippen LogP contribution in [0.15, 0.2) is 12.4 Å². The van der Waals surface area contributed by atoms with Gasteiger partial charge in [0.2, 0.25) is 0 Å². The average molecular weight is 103 g/mol. The van der Waals surface area contributed by atoms with Crippen LogP contribution in [0.4, 0.5) is 4.39 Å². The molecule has 7 heavy (non-hydrogen) atoms. The molecule has 38 valence electrons. The quantitative estimate of drug-likeness (QED) is 0.469. The van der Waals surface area contributed by atoms with E-state index in [4.69, 9.17) is 4.11 Å². The summed E-state index contributed by atoms with van der Waals surface area (Å²) in [5.41, 5.74) is 0.